The van der Waals surface area contributed by atoms with Gasteiger partial charge in [-0.3, -0.25) is 0 Å². The summed E-state index contributed by atoms with van der Waals surface area (Å²) in [6.07, 6.45) is -2.66. The van der Waals surface area contributed by atoms with Gasteiger partial charge in [-0.2, -0.15) is 13.2 Å². The number of rotatable bonds is 6. The van der Waals surface area contributed by atoms with Crippen molar-refractivity contribution in [3.8, 4) is 0 Å². The maximum Gasteiger partial charge on any atom is 0.501 e. The number of benzene rings is 1. The van der Waals surface area contributed by atoms with E-state index in [4.69, 9.17) is 5.73 Å². The average molecular weight is 332 g/mol. The molecule has 0 atom stereocenters. The van der Waals surface area contributed by atoms with Gasteiger partial charge in [-0.15, -0.1) is 0 Å². The lowest BCUT2D eigenvalue weighted by Crippen LogP contribution is -2.33. The summed E-state index contributed by atoms with van der Waals surface area (Å²) in [5, 5.41) is 0. The van der Waals surface area contributed by atoms with Gasteiger partial charge in [0.1, 0.15) is 0 Å². The molecule has 0 heterocycles. The second kappa shape index (κ2) is 6.56. The third kappa shape index (κ3) is 4.27. The van der Waals surface area contributed by atoms with Gasteiger partial charge in [0, 0.05) is 18.8 Å². The lowest BCUT2D eigenvalue weighted by Gasteiger charge is -2.24. The van der Waals surface area contributed by atoms with Crippen molar-refractivity contribution in [3.63, 3.8) is 0 Å². The van der Waals surface area contributed by atoms with Gasteiger partial charge in [-0.25, -0.2) is 17.2 Å². The van der Waals surface area contributed by atoms with Crippen LogP contribution in [-0.4, -0.2) is 40.0 Å². The first-order chi connectivity index (χ1) is 9.59. The van der Waals surface area contributed by atoms with E-state index in [1.807, 2.05) is 0 Å². The van der Waals surface area contributed by atoms with E-state index in [0.717, 1.165) is 29.2 Å². The molecule has 0 aliphatic carbocycles. The third-order valence-electron chi connectivity index (χ3n) is 2.57. The van der Waals surface area contributed by atoms with Crippen molar-refractivity contribution in [2.45, 2.75) is 16.8 Å². The SMILES string of the molecule is NCCN(CC(F)F)c1ccc(S(=O)(=O)C(F)(F)F)cc1. The van der Waals surface area contributed by atoms with Crippen LogP contribution in [0.4, 0.5) is 27.6 Å². The second-order valence-electron chi connectivity index (χ2n) is 4.07. The molecule has 1 rings (SSSR count). The number of sulfone groups is 1. The highest BCUT2D eigenvalue weighted by Crippen LogP contribution is 2.31. The molecule has 1 aromatic carbocycles. The molecule has 2 N–H and O–H groups in total. The average Bonchev–Trinajstić information content (AvgIpc) is 2.36. The van der Waals surface area contributed by atoms with Crippen molar-refractivity contribution in [3.05, 3.63) is 24.3 Å². The lowest BCUT2D eigenvalue weighted by atomic mass is 10.3. The van der Waals surface area contributed by atoms with Crippen LogP contribution in [0.3, 0.4) is 0 Å². The maximum absolute atomic E-state index is 12.4. The Morgan fingerprint density at radius 3 is 2.05 bits per heavy atom. The van der Waals surface area contributed by atoms with E-state index in [-0.39, 0.29) is 18.8 Å². The molecule has 4 nitrogen and oxygen atoms in total. The standard InChI is InChI=1S/C11H13F5N2O2S/c12-10(13)7-18(6-5-17)8-1-3-9(4-2-8)21(19,20)11(14,15)16/h1-4,10H,5-7,17H2. The zero-order valence-electron chi connectivity index (χ0n) is 10.6. The number of hydrogen-bond donors (Lipinski definition) is 1. The van der Waals surface area contributed by atoms with E-state index in [1.165, 1.54) is 0 Å². The first-order valence-corrected chi connectivity index (χ1v) is 7.22. The van der Waals surface area contributed by atoms with Crippen LogP contribution in [0, 0.1) is 0 Å². The van der Waals surface area contributed by atoms with Crippen LogP contribution in [0.25, 0.3) is 0 Å². The lowest BCUT2D eigenvalue weighted by molar-refractivity contribution is -0.0436. The van der Waals surface area contributed by atoms with Crippen molar-refractivity contribution in [2.24, 2.45) is 5.73 Å². The van der Waals surface area contributed by atoms with Crippen molar-refractivity contribution >= 4 is 15.5 Å². The van der Waals surface area contributed by atoms with Gasteiger partial charge in [0.2, 0.25) is 0 Å². The molecular formula is C11H13F5N2O2S. The summed E-state index contributed by atoms with van der Waals surface area (Å²) in [4.78, 5) is 0.220. The molecule has 0 aliphatic heterocycles. The minimum Gasteiger partial charge on any atom is -0.365 e. The maximum atomic E-state index is 12.4. The largest absolute Gasteiger partial charge is 0.501 e. The van der Waals surface area contributed by atoms with Crippen molar-refractivity contribution < 1.29 is 30.4 Å². The fourth-order valence-corrected chi connectivity index (χ4v) is 2.38. The minimum absolute atomic E-state index is 0.0648. The normalized spacial score (nSPS) is 12.7. The monoisotopic (exact) mass is 332 g/mol. The summed E-state index contributed by atoms with van der Waals surface area (Å²) < 4.78 is 84.2. The second-order valence-corrected chi connectivity index (χ2v) is 6.01. The Kier molecular flexibility index (Phi) is 5.51. The predicted octanol–water partition coefficient (Wildman–Crippen LogP) is 2.01. The van der Waals surface area contributed by atoms with Gasteiger partial charge >= 0.3 is 5.51 Å². The molecule has 0 spiro atoms. The zero-order chi connectivity index (χ0) is 16.3. The highest BCUT2D eigenvalue weighted by molar-refractivity contribution is 7.92. The Hall–Kier alpha value is -1.42. The number of hydrogen-bond acceptors (Lipinski definition) is 4. The van der Waals surface area contributed by atoms with Crippen LogP contribution in [0.2, 0.25) is 0 Å². The van der Waals surface area contributed by atoms with Crippen LogP contribution in [0.15, 0.2) is 29.2 Å². The highest BCUT2D eigenvalue weighted by atomic mass is 32.2. The molecule has 0 aromatic heterocycles. The Bertz CT molecular complexity index is 557. The molecular weight excluding hydrogens is 319 g/mol. The molecule has 0 saturated heterocycles. The summed E-state index contributed by atoms with van der Waals surface area (Å²) in [6.45, 7) is -0.520. The molecule has 1 aromatic rings. The van der Waals surface area contributed by atoms with Crippen LogP contribution in [0.5, 0.6) is 0 Å². The third-order valence-corrected chi connectivity index (χ3v) is 4.08. The number of anilines is 1. The van der Waals surface area contributed by atoms with Crippen LogP contribution in [-0.2, 0) is 9.84 Å². The van der Waals surface area contributed by atoms with E-state index in [9.17, 15) is 30.4 Å². The molecule has 120 valence electrons. The summed E-state index contributed by atoms with van der Waals surface area (Å²) >= 11 is 0. The van der Waals surface area contributed by atoms with Crippen molar-refractivity contribution in [2.75, 3.05) is 24.5 Å². The molecule has 21 heavy (non-hydrogen) atoms. The fourth-order valence-electron chi connectivity index (χ4n) is 1.62. The quantitative estimate of drug-likeness (QED) is 0.810. The molecule has 0 unspecified atom stereocenters. The topological polar surface area (TPSA) is 63.4 Å². The Balaban J connectivity index is 3.06. The Morgan fingerprint density at radius 1 is 1.14 bits per heavy atom. The van der Waals surface area contributed by atoms with E-state index in [0.29, 0.717) is 0 Å². The number of nitrogens with two attached hydrogens (primary N) is 1. The van der Waals surface area contributed by atoms with E-state index in [1.54, 1.807) is 0 Å². The van der Waals surface area contributed by atoms with Crippen LogP contribution < -0.4 is 10.6 Å². The Morgan fingerprint density at radius 2 is 1.67 bits per heavy atom. The fraction of sp³-hybridized carbons (Fsp3) is 0.455. The van der Waals surface area contributed by atoms with Crippen LogP contribution >= 0.6 is 0 Å². The van der Waals surface area contributed by atoms with Gasteiger partial charge in [0.25, 0.3) is 16.3 Å². The van der Waals surface area contributed by atoms with E-state index < -0.39 is 33.2 Å². The van der Waals surface area contributed by atoms with Gasteiger partial charge in [0.05, 0.1) is 11.4 Å². The number of alkyl halides is 5. The number of halogens is 5. The molecule has 0 fully saturated rings. The molecule has 0 radical (unpaired) electrons. The zero-order valence-corrected chi connectivity index (χ0v) is 11.5. The summed E-state index contributed by atoms with van der Waals surface area (Å²) in [5.74, 6) is 0. The molecule has 10 heteroatoms. The first-order valence-electron chi connectivity index (χ1n) is 5.74. The molecule has 0 bridgehead atoms. The summed E-state index contributed by atoms with van der Waals surface area (Å²) in [5.41, 5.74) is 0.0276. The minimum atomic E-state index is -5.45. The number of nitrogens with zero attached hydrogens (tertiary/aromatic N) is 1. The van der Waals surface area contributed by atoms with Gasteiger partial charge in [0.15, 0.2) is 0 Å². The smallest absolute Gasteiger partial charge is 0.365 e. The van der Waals surface area contributed by atoms with Crippen molar-refractivity contribution in [1.29, 1.82) is 0 Å². The van der Waals surface area contributed by atoms with Gasteiger partial charge in [-0.05, 0) is 24.3 Å². The highest BCUT2D eigenvalue weighted by Gasteiger charge is 2.46. The van der Waals surface area contributed by atoms with Crippen LogP contribution in [0.1, 0.15) is 0 Å². The Labute approximate surface area is 118 Å². The summed E-state index contributed by atoms with van der Waals surface area (Å²) in [6, 6.07) is 3.54. The summed E-state index contributed by atoms with van der Waals surface area (Å²) in [7, 11) is -5.45. The predicted molar refractivity (Wildman–Crippen MR) is 67.0 cm³/mol. The first kappa shape index (κ1) is 17.6. The molecule has 0 aliphatic rings. The van der Waals surface area contributed by atoms with Crippen molar-refractivity contribution in [1.82, 2.24) is 0 Å². The van der Waals surface area contributed by atoms with Gasteiger partial charge < -0.3 is 10.6 Å². The molecule has 0 saturated carbocycles. The van der Waals surface area contributed by atoms with E-state index in [2.05, 4.69) is 0 Å². The molecule has 0 amide bonds. The van der Waals surface area contributed by atoms with Gasteiger partial charge in [-0.1, -0.05) is 0 Å². The van der Waals surface area contributed by atoms with E-state index >= 15 is 0 Å².